The molecule has 2 atom stereocenters. The normalized spacial score (nSPS) is 20.3. The Morgan fingerprint density at radius 2 is 1.84 bits per heavy atom. The molecule has 2 aliphatic heterocycles. The molecule has 0 bridgehead atoms. The van der Waals surface area contributed by atoms with E-state index in [0.717, 1.165) is 11.1 Å². The van der Waals surface area contributed by atoms with E-state index in [4.69, 9.17) is 9.47 Å². The maximum Gasteiger partial charge on any atom is 0.338 e. The van der Waals surface area contributed by atoms with Crippen LogP contribution in [0, 0.1) is 6.92 Å². The largest absolute Gasteiger partial charge is 0.497 e. The third-order valence-electron chi connectivity index (χ3n) is 7.15. The zero-order valence-electron chi connectivity index (χ0n) is 22.7. The third kappa shape index (κ3) is 5.67. The number of urea groups is 1. The van der Waals surface area contributed by atoms with Crippen molar-refractivity contribution in [1.82, 2.24) is 20.0 Å². The molecule has 2 aromatic rings. The van der Waals surface area contributed by atoms with Gasteiger partial charge < -0.3 is 19.7 Å². The molecule has 0 aliphatic carbocycles. The first-order valence-corrected chi connectivity index (χ1v) is 12.9. The van der Waals surface area contributed by atoms with Crippen LogP contribution in [0.15, 0.2) is 59.8 Å². The number of amides is 3. The lowest BCUT2D eigenvalue weighted by molar-refractivity contribution is -0.139. The lowest BCUT2D eigenvalue weighted by atomic mass is 9.93. The van der Waals surface area contributed by atoms with E-state index in [2.05, 4.69) is 10.2 Å². The van der Waals surface area contributed by atoms with Crippen molar-refractivity contribution < 1.29 is 23.9 Å². The molecule has 1 fully saturated rings. The zero-order chi connectivity index (χ0) is 27.4. The van der Waals surface area contributed by atoms with E-state index in [1.165, 1.54) is 4.90 Å². The Balaban J connectivity index is 1.58. The van der Waals surface area contributed by atoms with Gasteiger partial charge in [-0.3, -0.25) is 14.6 Å². The van der Waals surface area contributed by atoms with Gasteiger partial charge in [-0.25, -0.2) is 9.59 Å². The van der Waals surface area contributed by atoms with Gasteiger partial charge in [0.15, 0.2) is 0 Å². The van der Waals surface area contributed by atoms with E-state index in [0.29, 0.717) is 48.8 Å². The fraction of sp³-hybridized carbons (Fsp3) is 0.414. The standard InChI is InChI=1S/C29H36N4O5/c1-6-38-28(35)25-24(31(4)29(36)30-26(25)21-12-10-19(2)11-13-21)18-32-14-15-33(20(3)17-32)27(34)22-8-7-9-23(16-22)37-5/h7-13,16,20,26H,6,14-15,17-18H2,1-5H3,(H,30,36)/t20-,26-/m0/s1. The summed E-state index contributed by atoms with van der Waals surface area (Å²) in [7, 11) is 3.25. The van der Waals surface area contributed by atoms with E-state index in [1.807, 2.05) is 55.1 Å². The highest BCUT2D eigenvalue weighted by Crippen LogP contribution is 2.32. The number of methoxy groups -OCH3 is 1. The van der Waals surface area contributed by atoms with E-state index in [1.54, 1.807) is 33.2 Å². The van der Waals surface area contributed by atoms with Gasteiger partial charge in [0.1, 0.15) is 5.75 Å². The van der Waals surface area contributed by atoms with Crippen LogP contribution in [0.4, 0.5) is 4.79 Å². The Kier molecular flexibility index (Phi) is 8.36. The molecular weight excluding hydrogens is 484 g/mol. The van der Waals surface area contributed by atoms with Crippen molar-refractivity contribution in [2.45, 2.75) is 32.9 Å². The lowest BCUT2D eigenvalue weighted by Crippen LogP contribution is -2.56. The SMILES string of the molecule is CCOC(=O)C1=C(CN2CCN(C(=O)c3cccc(OC)c3)[C@@H](C)C2)N(C)C(=O)N[C@H]1c1ccc(C)cc1. The first-order valence-electron chi connectivity index (χ1n) is 12.9. The zero-order valence-corrected chi connectivity index (χ0v) is 22.7. The summed E-state index contributed by atoms with van der Waals surface area (Å²) in [6.45, 7) is 8.11. The molecule has 4 rings (SSSR count). The highest BCUT2D eigenvalue weighted by molar-refractivity contribution is 5.96. The molecule has 0 spiro atoms. The summed E-state index contributed by atoms with van der Waals surface area (Å²) in [6.07, 6.45) is 0. The number of benzene rings is 2. The van der Waals surface area contributed by atoms with Gasteiger partial charge in [-0.2, -0.15) is 0 Å². The Labute approximate surface area is 224 Å². The van der Waals surface area contributed by atoms with Crippen molar-refractivity contribution in [3.8, 4) is 5.75 Å². The summed E-state index contributed by atoms with van der Waals surface area (Å²) in [6, 6.07) is 14.0. The second-order valence-electron chi connectivity index (χ2n) is 9.75. The molecule has 38 heavy (non-hydrogen) atoms. The molecule has 1 N–H and O–H groups in total. The molecule has 2 aliphatic rings. The van der Waals surface area contributed by atoms with Crippen LogP contribution >= 0.6 is 0 Å². The van der Waals surface area contributed by atoms with Crippen LogP contribution in [-0.4, -0.2) is 85.6 Å². The van der Waals surface area contributed by atoms with Crippen molar-refractivity contribution in [3.05, 3.63) is 76.5 Å². The van der Waals surface area contributed by atoms with Crippen molar-refractivity contribution in [3.63, 3.8) is 0 Å². The van der Waals surface area contributed by atoms with Crippen LogP contribution in [0.1, 0.15) is 41.4 Å². The number of hydrogen-bond donors (Lipinski definition) is 1. The number of esters is 1. The quantitative estimate of drug-likeness (QED) is 0.563. The second kappa shape index (κ2) is 11.7. The molecule has 9 heteroatoms. The maximum atomic E-state index is 13.2. The number of carbonyl (C=O) groups excluding carboxylic acids is 3. The average Bonchev–Trinajstić information content (AvgIpc) is 2.91. The Bertz CT molecular complexity index is 1230. The van der Waals surface area contributed by atoms with Gasteiger partial charge in [0.25, 0.3) is 5.91 Å². The number of piperazine rings is 1. The summed E-state index contributed by atoms with van der Waals surface area (Å²) in [4.78, 5) is 45.0. The van der Waals surface area contributed by atoms with Crippen molar-refractivity contribution >= 4 is 17.9 Å². The van der Waals surface area contributed by atoms with Gasteiger partial charge in [0.2, 0.25) is 0 Å². The summed E-state index contributed by atoms with van der Waals surface area (Å²) in [5.74, 6) is 0.151. The molecule has 9 nitrogen and oxygen atoms in total. The van der Waals surface area contributed by atoms with E-state index < -0.39 is 12.0 Å². The summed E-state index contributed by atoms with van der Waals surface area (Å²) >= 11 is 0. The minimum Gasteiger partial charge on any atom is -0.497 e. The van der Waals surface area contributed by atoms with E-state index in [-0.39, 0.29) is 24.6 Å². The highest BCUT2D eigenvalue weighted by atomic mass is 16.5. The number of nitrogens with one attached hydrogen (secondary N) is 1. The molecule has 2 aromatic carbocycles. The molecule has 3 amide bonds. The summed E-state index contributed by atoms with van der Waals surface area (Å²) < 4.78 is 10.7. The van der Waals surface area contributed by atoms with E-state index >= 15 is 0 Å². The molecule has 2 heterocycles. The van der Waals surface area contributed by atoms with Crippen LogP contribution in [-0.2, 0) is 9.53 Å². The predicted molar refractivity (Wildman–Crippen MR) is 144 cm³/mol. The molecule has 0 saturated carbocycles. The fourth-order valence-electron chi connectivity index (χ4n) is 5.02. The van der Waals surface area contributed by atoms with Crippen LogP contribution in [0.25, 0.3) is 0 Å². The number of ether oxygens (including phenoxy) is 2. The van der Waals surface area contributed by atoms with Gasteiger partial charge in [0, 0.05) is 50.5 Å². The van der Waals surface area contributed by atoms with Gasteiger partial charge in [-0.15, -0.1) is 0 Å². The lowest BCUT2D eigenvalue weighted by Gasteiger charge is -2.42. The molecule has 0 radical (unpaired) electrons. The average molecular weight is 521 g/mol. The first kappa shape index (κ1) is 27.2. The van der Waals surface area contributed by atoms with Gasteiger partial charge in [-0.05, 0) is 44.5 Å². The smallest absolute Gasteiger partial charge is 0.338 e. The minimum absolute atomic E-state index is 0.0453. The Morgan fingerprint density at radius 3 is 2.50 bits per heavy atom. The van der Waals surface area contributed by atoms with Crippen molar-refractivity contribution in [2.24, 2.45) is 0 Å². The Morgan fingerprint density at radius 1 is 1.11 bits per heavy atom. The molecule has 0 unspecified atom stereocenters. The van der Waals surface area contributed by atoms with Gasteiger partial charge >= 0.3 is 12.0 Å². The fourth-order valence-corrected chi connectivity index (χ4v) is 5.02. The van der Waals surface area contributed by atoms with Gasteiger partial charge in [-0.1, -0.05) is 35.9 Å². The van der Waals surface area contributed by atoms with Crippen LogP contribution < -0.4 is 10.1 Å². The number of likely N-dealkylation sites (N-methyl/N-ethyl adjacent to an activating group) is 1. The van der Waals surface area contributed by atoms with Crippen molar-refractivity contribution in [1.29, 1.82) is 0 Å². The van der Waals surface area contributed by atoms with Crippen LogP contribution in [0.3, 0.4) is 0 Å². The number of rotatable bonds is 7. The number of carbonyl (C=O) groups is 3. The molecule has 0 aromatic heterocycles. The summed E-state index contributed by atoms with van der Waals surface area (Å²) in [5.41, 5.74) is 3.53. The molecular formula is C29H36N4O5. The van der Waals surface area contributed by atoms with Crippen LogP contribution in [0.5, 0.6) is 5.75 Å². The Hall–Kier alpha value is -3.85. The van der Waals surface area contributed by atoms with E-state index in [9.17, 15) is 14.4 Å². The summed E-state index contributed by atoms with van der Waals surface area (Å²) in [5, 5.41) is 2.96. The number of hydrogen-bond acceptors (Lipinski definition) is 6. The predicted octanol–water partition coefficient (Wildman–Crippen LogP) is 3.36. The topological polar surface area (TPSA) is 91.4 Å². The number of aryl methyl sites for hydroxylation is 1. The highest BCUT2D eigenvalue weighted by Gasteiger charge is 2.38. The monoisotopic (exact) mass is 520 g/mol. The maximum absolute atomic E-state index is 13.2. The van der Waals surface area contributed by atoms with Crippen molar-refractivity contribution in [2.75, 3.05) is 46.9 Å². The minimum atomic E-state index is -0.610. The number of nitrogens with zero attached hydrogens (tertiary/aromatic N) is 3. The third-order valence-corrected chi connectivity index (χ3v) is 7.15. The second-order valence-corrected chi connectivity index (χ2v) is 9.75. The first-order chi connectivity index (χ1) is 18.2. The van der Waals surface area contributed by atoms with Crippen LogP contribution in [0.2, 0.25) is 0 Å². The van der Waals surface area contributed by atoms with Gasteiger partial charge in [0.05, 0.1) is 25.3 Å². The molecule has 202 valence electrons. The molecule has 1 saturated heterocycles.